The van der Waals surface area contributed by atoms with Crippen molar-refractivity contribution in [2.45, 2.75) is 83.3 Å². The van der Waals surface area contributed by atoms with Crippen molar-refractivity contribution in [3.8, 4) is 0 Å². The average Bonchev–Trinajstić information content (AvgIpc) is 2.66. The first kappa shape index (κ1) is 19.5. The van der Waals surface area contributed by atoms with Gasteiger partial charge in [-0.25, -0.2) is 9.59 Å². The number of rotatable bonds is 4. The first-order valence-corrected chi connectivity index (χ1v) is 10.2. The molecule has 0 atom stereocenters. The van der Waals surface area contributed by atoms with Crippen LogP contribution in [0.1, 0.15) is 69.8 Å². The highest BCUT2D eigenvalue weighted by Gasteiger charge is 2.20. The molecule has 0 aromatic heterocycles. The maximum atomic E-state index is 12.2. The Labute approximate surface area is 161 Å². The molecule has 0 spiro atoms. The molecule has 0 radical (unpaired) electrons. The summed E-state index contributed by atoms with van der Waals surface area (Å²) in [5.74, 6) is 0. The number of carbonyl (C=O) groups is 2. The normalized spacial score (nSPS) is 18.6. The topological polar surface area (TPSA) is 76.7 Å². The van der Waals surface area contributed by atoms with Gasteiger partial charge in [-0.1, -0.05) is 18.9 Å². The standard InChI is InChI=1S/C21H30N2O4/c1-15-18(22-20(24)26-16-9-4-2-5-10-16)13-8-14-19(15)23-21(25)27-17-11-6-3-7-12-17/h8,13-14,16-17H,2-7,9-12H2,1H3,(H,22,24)(H,23,25). The van der Waals surface area contributed by atoms with Gasteiger partial charge in [0.2, 0.25) is 0 Å². The van der Waals surface area contributed by atoms with Crippen LogP contribution < -0.4 is 10.6 Å². The fraction of sp³-hybridized carbons (Fsp3) is 0.619. The van der Waals surface area contributed by atoms with Gasteiger partial charge in [0.25, 0.3) is 0 Å². The van der Waals surface area contributed by atoms with E-state index in [2.05, 4.69) is 10.6 Å². The average molecular weight is 374 g/mol. The highest BCUT2D eigenvalue weighted by Crippen LogP contribution is 2.26. The molecule has 148 valence electrons. The number of nitrogens with one attached hydrogen (secondary N) is 2. The first-order valence-electron chi connectivity index (χ1n) is 10.2. The van der Waals surface area contributed by atoms with Gasteiger partial charge in [-0.05, 0) is 76.0 Å². The summed E-state index contributed by atoms with van der Waals surface area (Å²) in [5, 5.41) is 5.60. The lowest BCUT2D eigenvalue weighted by molar-refractivity contribution is 0.0859. The van der Waals surface area contributed by atoms with Crippen LogP contribution in [0.4, 0.5) is 21.0 Å². The summed E-state index contributed by atoms with van der Waals surface area (Å²) in [6.07, 6.45) is 9.73. The van der Waals surface area contributed by atoms with E-state index in [1.54, 1.807) is 18.2 Å². The van der Waals surface area contributed by atoms with Crippen LogP contribution in [-0.4, -0.2) is 24.4 Å². The lowest BCUT2D eigenvalue weighted by Gasteiger charge is -2.23. The molecule has 2 saturated carbocycles. The zero-order valence-electron chi connectivity index (χ0n) is 16.1. The van der Waals surface area contributed by atoms with E-state index in [1.165, 1.54) is 12.8 Å². The molecule has 2 aliphatic carbocycles. The Morgan fingerprint density at radius 3 is 1.59 bits per heavy atom. The largest absolute Gasteiger partial charge is 0.446 e. The van der Waals surface area contributed by atoms with Crippen LogP contribution in [0.15, 0.2) is 18.2 Å². The van der Waals surface area contributed by atoms with Crippen molar-refractivity contribution in [1.29, 1.82) is 0 Å². The summed E-state index contributed by atoms with van der Waals surface area (Å²) in [4.78, 5) is 24.4. The molecule has 27 heavy (non-hydrogen) atoms. The fourth-order valence-corrected chi connectivity index (χ4v) is 3.85. The molecule has 0 saturated heterocycles. The van der Waals surface area contributed by atoms with E-state index in [9.17, 15) is 9.59 Å². The number of hydrogen-bond acceptors (Lipinski definition) is 4. The lowest BCUT2D eigenvalue weighted by Crippen LogP contribution is -2.25. The van der Waals surface area contributed by atoms with Crippen molar-refractivity contribution >= 4 is 23.6 Å². The van der Waals surface area contributed by atoms with Crippen molar-refractivity contribution in [1.82, 2.24) is 0 Å². The van der Waals surface area contributed by atoms with Crippen LogP contribution in [0, 0.1) is 6.92 Å². The second-order valence-electron chi connectivity index (χ2n) is 7.56. The second-order valence-corrected chi connectivity index (χ2v) is 7.56. The van der Waals surface area contributed by atoms with Gasteiger partial charge in [0.05, 0.1) is 0 Å². The number of ether oxygens (including phenoxy) is 2. The number of benzene rings is 1. The molecule has 0 aliphatic heterocycles. The molecule has 6 heteroatoms. The van der Waals surface area contributed by atoms with E-state index in [0.717, 1.165) is 56.9 Å². The minimum atomic E-state index is -0.438. The third kappa shape index (κ3) is 5.88. The third-order valence-corrected chi connectivity index (χ3v) is 5.46. The van der Waals surface area contributed by atoms with Crippen LogP contribution >= 0.6 is 0 Å². The Morgan fingerprint density at radius 1 is 0.778 bits per heavy atom. The van der Waals surface area contributed by atoms with Gasteiger partial charge in [-0.3, -0.25) is 10.6 Å². The van der Waals surface area contributed by atoms with Crippen LogP contribution in [0.5, 0.6) is 0 Å². The van der Waals surface area contributed by atoms with Crippen LogP contribution in [0.2, 0.25) is 0 Å². The number of amides is 2. The Bertz CT molecular complexity index is 597. The molecule has 2 fully saturated rings. The molecule has 1 aromatic carbocycles. The molecule has 0 unspecified atom stereocenters. The van der Waals surface area contributed by atoms with Gasteiger partial charge in [-0.15, -0.1) is 0 Å². The van der Waals surface area contributed by atoms with Crippen LogP contribution in [-0.2, 0) is 9.47 Å². The van der Waals surface area contributed by atoms with Crippen molar-refractivity contribution in [2.75, 3.05) is 10.6 Å². The quantitative estimate of drug-likeness (QED) is 0.703. The molecule has 0 bridgehead atoms. The molecule has 6 nitrogen and oxygen atoms in total. The molecule has 1 aromatic rings. The predicted molar refractivity (Wildman–Crippen MR) is 105 cm³/mol. The maximum Gasteiger partial charge on any atom is 0.411 e. The van der Waals surface area contributed by atoms with Gasteiger partial charge in [0, 0.05) is 11.4 Å². The van der Waals surface area contributed by atoms with E-state index in [1.807, 2.05) is 6.92 Å². The fourth-order valence-electron chi connectivity index (χ4n) is 3.85. The molecule has 3 rings (SSSR count). The number of hydrogen-bond donors (Lipinski definition) is 2. The van der Waals surface area contributed by atoms with Crippen molar-refractivity contribution in [2.24, 2.45) is 0 Å². The van der Waals surface area contributed by atoms with Crippen LogP contribution in [0.3, 0.4) is 0 Å². The summed E-state index contributed by atoms with van der Waals surface area (Å²) in [5.41, 5.74) is 2.04. The van der Waals surface area contributed by atoms with Crippen molar-refractivity contribution < 1.29 is 19.1 Å². The Balaban J connectivity index is 1.54. The zero-order chi connectivity index (χ0) is 19.1. The summed E-state index contributed by atoms with van der Waals surface area (Å²) >= 11 is 0. The molecule has 2 aliphatic rings. The van der Waals surface area contributed by atoms with Gasteiger partial charge in [0.15, 0.2) is 0 Å². The van der Waals surface area contributed by atoms with Gasteiger partial charge < -0.3 is 9.47 Å². The van der Waals surface area contributed by atoms with E-state index < -0.39 is 12.2 Å². The summed E-state index contributed by atoms with van der Waals surface area (Å²) in [6.45, 7) is 1.85. The molecule has 0 heterocycles. The zero-order valence-corrected chi connectivity index (χ0v) is 16.1. The highest BCUT2D eigenvalue weighted by molar-refractivity contribution is 5.91. The Kier molecular flexibility index (Phi) is 6.96. The Hall–Kier alpha value is -2.24. The lowest BCUT2D eigenvalue weighted by atomic mass is 9.98. The minimum absolute atomic E-state index is 0.00540. The summed E-state index contributed by atoms with van der Waals surface area (Å²) in [7, 11) is 0. The number of anilines is 2. The number of carbonyl (C=O) groups excluding carboxylic acids is 2. The summed E-state index contributed by atoms with van der Waals surface area (Å²) in [6, 6.07) is 5.39. The smallest absolute Gasteiger partial charge is 0.411 e. The third-order valence-electron chi connectivity index (χ3n) is 5.46. The van der Waals surface area contributed by atoms with E-state index in [4.69, 9.17) is 9.47 Å². The summed E-state index contributed by atoms with van der Waals surface area (Å²) < 4.78 is 11.0. The van der Waals surface area contributed by atoms with Crippen molar-refractivity contribution in [3.63, 3.8) is 0 Å². The highest BCUT2D eigenvalue weighted by atomic mass is 16.6. The van der Waals surface area contributed by atoms with E-state index in [-0.39, 0.29) is 12.2 Å². The maximum absolute atomic E-state index is 12.2. The van der Waals surface area contributed by atoms with Crippen LogP contribution in [0.25, 0.3) is 0 Å². The SMILES string of the molecule is Cc1c(NC(=O)OC2CCCCC2)cccc1NC(=O)OC1CCCCC1. The second kappa shape index (κ2) is 9.62. The minimum Gasteiger partial charge on any atom is -0.446 e. The van der Waals surface area contributed by atoms with Gasteiger partial charge >= 0.3 is 12.2 Å². The van der Waals surface area contributed by atoms with E-state index in [0.29, 0.717) is 11.4 Å². The van der Waals surface area contributed by atoms with E-state index >= 15 is 0 Å². The predicted octanol–water partition coefficient (Wildman–Crippen LogP) is 5.76. The molecular formula is C21H30N2O4. The van der Waals surface area contributed by atoms with Gasteiger partial charge in [-0.2, -0.15) is 0 Å². The molecule has 2 N–H and O–H groups in total. The monoisotopic (exact) mass is 374 g/mol. The Morgan fingerprint density at radius 2 is 1.19 bits per heavy atom. The molecule has 2 amide bonds. The van der Waals surface area contributed by atoms with Crippen molar-refractivity contribution in [3.05, 3.63) is 23.8 Å². The van der Waals surface area contributed by atoms with Gasteiger partial charge in [0.1, 0.15) is 12.2 Å². The molecular weight excluding hydrogens is 344 g/mol. The first-order chi connectivity index (χ1) is 13.1.